The van der Waals surface area contributed by atoms with Crippen LogP contribution in [-0.4, -0.2) is 0 Å². The van der Waals surface area contributed by atoms with Crippen LogP contribution in [0.4, 0.5) is 0 Å². The Morgan fingerprint density at radius 3 is 2.50 bits per heavy atom. The molecule has 0 rings (SSSR count). The molecule has 0 saturated carbocycles. The van der Waals surface area contributed by atoms with Gasteiger partial charge >= 0.3 is 0 Å². The van der Waals surface area contributed by atoms with E-state index in [0.29, 0.717) is 0 Å². The van der Waals surface area contributed by atoms with E-state index in [0.717, 1.165) is 4.91 Å². The summed E-state index contributed by atoms with van der Waals surface area (Å²) in [4.78, 5) is 1.00. The summed E-state index contributed by atoms with van der Waals surface area (Å²) >= 11 is 4.05. The van der Waals surface area contributed by atoms with Crippen molar-refractivity contribution in [2.75, 3.05) is 0 Å². The van der Waals surface area contributed by atoms with Crippen molar-refractivity contribution < 1.29 is 0 Å². The van der Waals surface area contributed by atoms with Crippen molar-refractivity contribution in [2.45, 2.75) is 6.92 Å². The smallest absolute Gasteiger partial charge is 0.0215 e. The van der Waals surface area contributed by atoms with Gasteiger partial charge in [0.25, 0.3) is 0 Å². The van der Waals surface area contributed by atoms with Gasteiger partial charge in [-0.3, -0.25) is 0 Å². The van der Waals surface area contributed by atoms with E-state index in [2.05, 4.69) is 19.2 Å². The van der Waals surface area contributed by atoms with E-state index in [-0.39, 0.29) is 0 Å². The fourth-order valence-electron chi connectivity index (χ4n) is 0.273. The summed E-state index contributed by atoms with van der Waals surface area (Å²) in [6, 6.07) is 0. The largest absolute Gasteiger partial charge is 0.148 e. The first kappa shape index (κ1) is 7.57. The van der Waals surface area contributed by atoms with Crippen molar-refractivity contribution in [3.8, 4) is 0 Å². The second-order valence-electron chi connectivity index (χ2n) is 1.43. The molecule has 0 heterocycles. The maximum absolute atomic E-state index is 4.05. The van der Waals surface area contributed by atoms with Crippen molar-refractivity contribution in [3.05, 3.63) is 35.8 Å². The summed E-state index contributed by atoms with van der Waals surface area (Å²) in [6.07, 6.45) is 7.40. The summed E-state index contributed by atoms with van der Waals surface area (Å²) in [6.45, 7) is 5.44. The lowest BCUT2D eigenvalue weighted by molar-refractivity contribution is 1.68. The van der Waals surface area contributed by atoms with Crippen LogP contribution in [-0.2, 0) is 0 Å². The van der Waals surface area contributed by atoms with E-state index in [1.54, 1.807) is 6.08 Å². The summed E-state index contributed by atoms with van der Waals surface area (Å²) in [7, 11) is 0. The Morgan fingerprint density at radius 2 is 2.12 bits per heavy atom. The van der Waals surface area contributed by atoms with Crippen molar-refractivity contribution in [3.63, 3.8) is 0 Å². The molecule has 0 unspecified atom stereocenters. The number of allylic oxidation sites excluding steroid dienone is 5. The maximum Gasteiger partial charge on any atom is -0.0215 e. The molecule has 44 valence electrons. The number of thiol groups is 1. The van der Waals surface area contributed by atoms with Gasteiger partial charge in [0, 0.05) is 0 Å². The summed E-state index contributed by atoms with van der Waals surface area (Å²) in [5.41, 5.74) is 0. The van der Waals surface area contributed by atoms with Crippen molar-refractivity contribution in [1.29, 1.82) is 0 Å². The molecule has 0 aromatic rings. The normalized spacial score (nSPS) is 12.5. The van der Waals surface area contributed by atoms with Gasteiger partial charge in [-0.25, -0.2) is 0 Å². The fourth-order valence-corrected chi connectivity index (χ4v) is 0.359. The third kappa shape index (κ3) is 5.57. The molecular weight excluding hydrogens is 116 g/mol. The minimum atomic E-state index is 1.00. The van der Waals surface area contributed by atoms with E-state index in [1.165, 1.54) is 0 Å². The molecule has 0 radical (unpaired) electrons. The van der Waals surface area contributed by atoms with Crippen LogP contribution in [0.1, 0.15) is 6.92 Å². The first-order valence-electron chi connectivity index (χ1n) is 2.42. The van der Waals surface area contributed by atoms with Gasteiger partial charge in [-0.2, -0.15) is 0 Å². The lowest BCUT2D eigenvalue weighted by atomic mass is 10.4. The Bertz CT molecular complexity index is 116. The van der Waals surface area contributed by atoms with Crippen LogP contribution < -0.4 is 0 Å². The molecule has 0 aromatic heterocycles. The molecule has 0 saturated heterocycles. The van der Waals surface area contributed by atoms with Gasteiger partial charge in [0.15, 0.2) is 0 Å². The predicted molar refractivity (Wildman–Crippen MR) is 42.1 cm³/mol. The molecule has 1 heteroatoms. The van der Waals surface area contributed by atoms with Crippen LogP contribution in [0.5, 0.6) is 0 Å². The van der Waals surface area contributed by atoms with E-state index >= 15 is 0 Å². The Balaban J connectivity index is 3.57. The third-order valence-electron chi connectivity index (χ3n) is 0.585. The van der Waals surface area contributed by atoms with E-state index in [1.807, 2.05) is 25.2 Å². The quantitative estimate of drug-likeness (QED) is 0.426. The highest BCUT2D eigenvalue weighted by Gasteiger charge is 1.67. The second kappa shape index (κ2) is 4.72. The van der Waals surface area contributed by atoms with Gasteiger partial charge in [-0.1, -0.05) is 30.9 Å². The van der Waals surface area contributed by atoms with E-state index < -0.39 is 0 Å². The van der Waals surface area contributed by atoms with Gasteiger partial charge in [-0.05, 0) is 11.8 Å². The molecular formula is C7H10S. The van der Waals surface area contributed by atoms with Gasteiger partial charge in [0.2, 0.25) is 0 Å². The fraction of sp³-hybridized carbons (Fsp3) is 0.143. The van der Waals surface area contributed by atoms with Crippen LogP contribution in [0.2, 0.25) is 0 Å². The first-order valence-corrected chi connectivity index (χ1v) is 2.87. The molecule has 0 fully saturated rings. The zero-order valence-electron chi connectivity index (χ0n) is 4.96. The van der Waals surface area contributed by atoms with Crippen LogP contribution in [0.15, 0.2) is 35.8 Å². The molecule has 0 atom stereocenters. The number of rotatable bonds is 2. The SMILES string of the molecule is C=C/C=C/C=C(/C)S. The van der Waals surface area contributed by atoms with Crippen LogP contribution >= 0.6 is 12.6 Å². The molecule has 0 nitrogen and oxygen atoms in total. The summed E-state index contributed by atoms with van der Waals surface area (Å²) in [5.74, 6) is 0. The van der Waals surface area contributed by atoms with E-state index in [9.17, 15) is 0 Å². The second-order valence-corrected chi connectivity index (χ2v) is 2.13. The van der Waals surface area contributed by atoms with Crippen LogP contribution in [0.25, 0.3) is 0 Å². The standard InChI is InChI=1S/C7H10S/c1-3-4-5-6-7(2)8/h3-6,8H,1H2,2H3/b5-4+,7-6-. The Hall–Kier alpha value is -0.430. The Morgan fingerprint density at radius 1 is 1.50 bits per heavy atom. The summed E-state index contributed by atoms with van der Waals surface area (Å²) < 4.78 is 0. The highest BCUT2D eigenvalue weighted by molar-refractivity contribution is 7.84. The molecule has 0 bridgehead atoms. The molecule has 0 spiro atoms. The topological polar surface area (TPSA) is 0 Å². The predicted octanol–water partition coefficient (Wildman–Crippen LogP) is 2.56. The van der Waals surface area contributed by atoms with Crippen LogP contribution in [0, 0.1) is 0 Å². The first-order chi connectivity index (χ1) is 3.77. The maximum atomic E-state index is 4.05. The lowest BCUT2D eigenvalue weighted by Crippen LogP contribution is -1.52. The Kier molecular flexibility index (Phi) is 4.47. The summed E-state index contributed by atoms with van der Waals surface area (Å²) in [5, 5.41) is 0. The lowest BCUT2D eigenvalue weighted by Gasteiger charge is -1.77. The van der Waals surface area contributed by atoms with Gasteiger partial charge in [0.05, 0.1) is 0 Å². The molecule has 0 aliphatic rings. The third-order valence-corrected chi connectivity index (χ3v) is 0.734. The monoisotopic (exact) mass is 126 g/mol. The van der Waals surface area contributed by atoms with Gasteiger partial charge in [0.1, 0.15) is 0 Å². The average molecular weight is 126 g/mol. The molecule has 0 aromatic carbocycles. The zero-order chi connectivity index (χ0) is 6.41. The number of hydrogen-bond acceptors (Lipinski definition) is 1. The molecule has 0 aliphatic carbocycles. The van der Waals surface area contributed by atoms with Crippen molar-refractivity contribution >= 4 is 12.6 Å². The zero-order valence-corrected chi connectivity index (χ0v) is 5.86. The van der Waals surface area contributed by atoms with Crippen molar-refractivity contribution in [1.82, 2.24) is 0 Å². The minimum absolute atomic E-state index is 1.00. The van der Waals surface area contributed by atoms with Crippen LogP contribution in [0.3, 0.4) is 0 Å². The highest BCUT2D eigenvalue weighted by Crippen LogP contribution is 1.95. The molecule has 0 aliphatic heterocycles. The molecule has 0 N–H and O–H groups in total. The van der Waals surface area contributed by atoms with Gasteiger partial charge < -0.3 is 0 Å². The minimum Gasteiger partial charge on any atom is -0.148 e. The highest BCUT2D eigenvalue weighted by atomic mass is 32.1. The molecule has 0 amide bonds. The number of hydrogen-bond donors (Lipinski definition) is 1. The van der Waals surface area contributed by atoms with Gasteiger partial charge in [-0.15, -0.1) is 12.6 Å². The Labute approximate surface area is 56.0 Å². The molecule has 8 heavy (non-hydrogen) atoms. The average Bonchev–Trinajstić information content (AvgIpc) is 1.66. The van der Waals surface area contributed by atoms with E-state index in [4.69, 9.17) is 0 Å². The van der Waals surface area contributed by atoms with Crippen molar-refractivity contribution in [2.24, 2.45) is 0 Å².